The summed E-state index contributed by atoms with van der Waals surface area (Å²) in [6, 6.07) is 18.2. The Labute approximate surface area is 185 Å². The van der Waals surface area contributed by atoms with Crippen LogP contribution >= 0.6 is 11.3 Å². The van der Waals surface area contributed by atoms with Gasteiger partial charge in [0.25, 0.3) is 0 Å². The molecule has 0 unspecified atom stereocenters. The largest absolute Gasteiger partial charge is 0.369 e. The second-order valence-electron chi connectivity index (χ2n) is 7.93. The van der Waals surface area contributed by atoms with Crippen molar-refractivity contribution in [2.45, 2.75) is 6.42 Å². The molecule has 2 aromatic heterocycles. The van der Waals surface area contributed by atoms with Crippen LogP contribution in [0.15, 0.2) is 66.2 Å². The number of piperazine rings is 1. The molecule has 1 saturated heterocycles. The van der Waals surface area contributed by atoms with Crippen LogP contribution in [0.2, 0.25) is 0 Å². The number of imidazole rings is 1. The van der Waals surface area contributed by atoms with Crippen molar-refractivity contribution >= 4 is 33.6 Å². The minimum atomic E-state index is -0.0259. The summed E-state index contributed by atoms with van der Waals surface area (Å²) in [5.74, 6) is -0.0259. The van der Waals surface area contributed by atoms with E-state index in [0.29, 0.717) is 6.42 Å². The van der Waals surface area contributed by atoms with Gasteiger partial charge < -0.3 is 15.1 Å². The van der Waals surface area contributed by atoms with Gasteiger partial charge in [0.15, 0.2) is 4.96 Å². The van der Waals surface area contributed by atoms with Gasteiger partial charge in [-0.1, -0.05) is 30.3 Å². The molecule has 7 heteroatoms. The molecule has 1 amide bonds. The van der Waals surface area contributed by atoms with Crippen LogP contribution in [0, 0.1) is 0 Å². The highest BCUT2D eigenvalue weighted by molar-refractivity contribution is 7.15. The zero-order valence-corrected chi connectivity index (χ0v) is 18.3. The number of rotatable bonds is 5. The van der Waals surface area contributed by atoms with E-state index in [0.717, 1.165) is 53.8 Å². The Morgan fingerprint density at radius 1 is 1.03 bits per heavy atom. The number of hydrogen-bond donors (Lipinski definition) is 1. The number of benzene rings is 2. The molecule has 0 aliphatic carbocycles. The van der Waals surface area contributed by atoms with E-state index >= 15 is 0 Å². The minimum absolute atomic E-state index is 0.0259. The first-order chi connectivity index (χ1) is 15.2. The molecule has 3 heterocycles. The molecule has 0 atom stereocenters. The first-order valence-electron chi connectivity index (χ1n) is 10.5. The molecule has 1 N–H and O–H groups in total. The quantitative estimate of drug-likeness (QED) is 0.519. The zero-order valence-electron chi connectivity index (χ0n) is 17.5. The number of fused-ring (bicyclic) bond motifs is 1. The molecule has 1 aliphatic rings. The number of carbonyl (C=O) groups is 1. The number of anilines is 2. The summed E-state index contributed by atoms with van der Waals surface area (Å²) in [4.78, 5) is 23.0. The van der Waals surface area contributed by atoms with Crippen molar-refractivity contribution in [3.05, 3.63) is 71.9 Å². The summed E-state index contributed by atoms with van der Waals surface area (Å²) in [5.41, 5.74) is 4.98. The molecule has 0 bridgehead atoms. The summed E-state index contributed by atoms with van der Waals surface area (Å²) in [6.07, 6.45) is 2.32. The molecule has 1 aliphatic heterocycles. The molecule has 4 aromatic rings. The smallest absolute Gasteiger partial charge is 0.230 e. The van der Waals surface area contributed by atoms with Gasteiger partial charge in [-0.05, 0) is 31.3 Å². The molecule has 6 nitrogen and oxygen atoms in total. The lowest BCUT2D eigenvalue weighted by Gasteiger charge is -2.34. The number of carbonyl (C=O) groups excluding carboxylic acids is 1. The number of thiazole rings is 1. The normalized spacial score (nSPS) is 14.8. The fourth-order valence-corrected chi connectivity index (χ4v) is 4.77. The van der Waals surface area contributed by atoms with Crippen LogP contribution in [0.25, 0.3) is 16.2 Å². The second kappa shape index (κ2) is 8.53. The highest BCUT2D eigenvalue weighted by Crippen LogP contribution is 2.24. The van der Waals surface area contributed by atoms with Crippen LogP contribution in [-0.2, 0) is 11.2 Å². The Hall–Kier alpha value is -3.16. The molecule has 0 saturated carbocycles. The number of nitrogens with zero attached hydrogens (tertiary/aromatic N) is 4. The SMILES string of the molecule is CN1CCN(c2ccc(NC(=O)Cc3csc4nc(-c5ccccc5)cn34)cc2)CC1. The maximum Gasteiger partial charge on any atom is 0.230 e. The number of aromatic nitrogens is 2. The highest BCUT2D eigenvalue weighted by Gasteiger charge is 2.15. The molecule has 1 fully saturated rings. The van der Waals surface area contributed by atoms with Crippen LogP contribution in [0.3, 0.4) is 0 Å². The standard InChI is InChI=1S/C24H25N5OS/c1-27-11-13-28(14-12-27)20-9-7-19(8-10-20)25-23(30)15-21-17-31-24-26-22(16-29(21)24)18-5-3-2-4-6-18/h2-10,16-17H,11-15H2,1H3,(H,25,30). The number of nitrogens with one attached hydrogen (secondary N) is 1. The molecule has 0 radical (unpaired) electrons. The summed E-state index contributed by atoms with van der Waals surface area (Å²) >= 11 is 1.56. The predicted molar refractivity (Wildman–Crippen MR) is 127 cm³/mol. The molecule has 31 heavy (non-hydrogen) atoms. The average Bonchev–Trinajstić information content (AvgIpc) is 3.38. The topological polar surface area (TPSA) is 52.9 Å². The van der Waals surface area contributed by atoms with Gasteiger partial charge in [-0.2, -0.15) is 0 Å². The van der Waals surface area contributed by atoms with Crippen molar-refractivity contribution in [1.82, 2.24) is 14.3 Å². The lowest BCUT2D eigenvalue weighted by Crippen LogP contribution is -2.44. The van der Waals surface area contributed by atoms with Gasteiger partial charge in [0.05, 0.1) is 12.1 Å². The summed E-state index contributed by atoms with van der Waals surface area (Å²) in [5, 5.41) is 5.03. The molecule has 158 valence electrons. The van der Waals surface area contributed by atoms with E-state index in [-0.39, 0.29) is 5.91 Å². The van der Waals surface area contributed by atoms with E-state index in [4.69, 9.17) is 4.98 Å². The third kappa shape index (κ3) is 4.33. The van der Waals surface area contributed by atoms with Gasteiger partial charge in [-0.25, -0.2) is 4.98 Å². The molecule has 0 spiro atoms. The van der Waals surface area contributed by atoms with E-state index in [1.807, 2.05) is 58.4 Å². The van der Waals surface area contributed by atoms with Crippen molar-refractivity contribution in [2.75, 3.05) is 43.4 Å². The van der Waals surface area contributed by atoms with Crippen molar-refractivity contribution < 1.29 is 4.79 Å². The number of hydrogen-bond acceptors (Lipinski definition) is 5. The summed E-state index contributed by atoms with van der Waals surface area (Å²) < 4.78 is 2.02. The van der Waals surface area contributed by atoms with Gasteiger partial charge >= 0.3 is 0 Å². The van der Waals surface area contributed by atoms with E-state index in [2.05, 4.69) is 34.3 Å². The van der Waals surface area contributed by atoms with E-state index in [1.54, 1.807) is 11.3 Å². The van der Waals surface area contributed by atoms with Crippen LogP contribution < -0.4 is 10.2 Å². The first kappa shape index (κ1) is 19.8. The van der Waals surface area contributed by atoms with Crippen LogP contribution in [0.4, 0.5) is 11.4 Å². The zero-order chi connectivity index (χ0) is 21.2. The Morgan fingerprint density at radius 2 is 1.77 bits per heavy atom. The summed E-state index contributed by atoms with van der Waals surface area (Å²) in [7, 11) is 2.16. The number of amides is 1. The van der Waals surface area contributed by atoms with Crippen LogP contribution in [-0.4, -0.2) is 53.4 Å². The number of likely N-dealkylation sites (N-methyl/N-ethyl adjacent to an activating group) is 1. The van der Waals surface area contributed by atoms with Gasteiger partial charge in [0.2, 0.25) is 5.91 Å². The maximum atomic E-state index is 12.7. The average molecular weight is 432 g/mol. The Kier molecular flexibility index (Phi) is 5.44. The van der Waals surface area contributed by atoms with Crippen LogP contribution in [0.1, 0.15) is 5.69 Å². The lowest BCUT2D eigenvalue weighted by molar-refractivity contribution is -0.115. The Balaban J connectivity index is 1.24. The van der Waals surface area contributed by atoms with Gasteiger partial charge in [0.1, 0.15) is 0 Å². The molecular formula is C24H25N5OS. The first-order valence-corrected chi connectivity index (χ1v) is 11.4. The third-order valence-electron chi connectivity index (χ3n) is 5.71. The fraction of sp³-hybridized carbons (Fsp3) is 0.250. The second-order valence-corrected chi connectivity index (χ2v) is 8.77. The Bertz CT molecular complexity index is 1170. The van der Waals surface area contributed by atoms with Gasteiger partial charge in [-0.15, -0.1) is 11.3 Å². The van der Waals surface area contributed by atoms with Crippen molar-refractivity contribution in [1.29, 1.82) is 0 Å². The third-order valence-corrected chi connectivity index (χ3v) is 6.60. The fourth-order valence-electron chi connectivity index (χ4n) is 3.89. The van der Waals surface area contributed by atoms with Crippen molar-refractivity contribution in [2.24, 2.45) is 0 Å². The van der Waals surface area contributed by atoms with E-state index < -0.39 is 0 Å². The highest BCUT2D eigenvalue weighted by atomic mass is 32.1. The molecule has 2 aromatic carbocycles. The molecular weight excluding hydrogens is 406 g/mol. The maximum absolute atomic E-state index is 12.7. The van der Waals surface area contributed by atoms with Crippen molar-refractivity contribution in [3.63, 3.8) is 0 Å². The van der Waals surface area contributed by atoms with Gasteiger partial charge in [0, 0.05) is 60.4 Å². The van der Waals surface area contributed by atoms with Gasteiger partial charge in [-0.3, -0.25) is 9.20 Å². The molecule has 5 rings (SSSR count). The van der Waals surface area contributed by atoms with E-state index in [1.165, 1.54) is 5.69 Å². The van der Waals surface area contributed by atoms with Crippen LogP contribution in [0.5, 0.6) is 0 Å². The summed E-state index contributed by atoms with van der Waals surface area (Å²) in [6.45, 7) is 4.22. The minimum Gasteiger partial charge on any atom is -0.369 e. The van der Waals surface area contributed by atoms with E-state index in [9.17, 15) is 4.79 Å². The Morgan fingerprint density at radius 3 is 2.52 bits per heavy atom. The lowest BCUT2D eigenvalue weighted by atomic mass is 10.2. The van der Waals surface area contributed by atoms with Crippen molar-refractivity contribution in [3.8, 4) is 11.3 Å². The predicted octanol–water partition coefficient (Wildman–Crippen LogP) is 4.00. The monoisotopic (exact) mass is 431 g/mol.